The molecule has 0 aliphatic carbocycles. The normalized spacial score (nSPS) is 30.1. The number of ether oxygens (including phenoxy) is 2. The van der Waals surface area contributed by atoms with Gasteiger partial charge in [-0.2, -0.15) is 0 Å². The largest absolute Gasteiger partial charge is 0.497 e. The van der Waals surface area contributed by atoms with Crippen LogP contribution in [-0.2, 0) is 19.1 Å². The molecule has 0 aromatic heterocycles. The number of benzene rings is 1. The first-order chi connectivity index (χ1) is 18.2. The van der Waals surface area contributed by atoms with Crippen molar-refractivity contribution in [3.05, 3.63) is 49.6 Å². The second-order valence-corrected chi connectivity index (χ2v) is 12.4. The number of carbonyl (C=O) groups excluding carboxylic acids is 3. The summed E-state index contributed by atoms with van der Waals surface area (Å²) >= 11 is 1.59. The van der Waals surface area contributed by atoms with Crippen molar-refractivity contribution in [1.82, 2.24) is 4.90 Å². The monoisotopic (exact) mass is 542 g/mol. The van der Waals surface area contributed by atoms with Crippen LogP contribution in [0.15, 0.2) is 49.6 Å². The number of aliphatic hydroxyl groups excluding tert-OH is 1. The summed E-state index contributed by atoms with van der Waals surface area (Å²) in [6.45, 7) is 11.5. The summed E-state index contributed by atoms with van der Waals surface area (Å²) < 4.78 is 9.63. The molecular formula is C29H38N2O6S. The lowest BCUT2D eigenvalue weighted by molar-refractivity contribution is -0.156. The van der Waals surface area contributed by atoms with Crippen molar-refractivity contribution in [2.75, 3.05) is 31.8 Å². The van der Waals surface area contributed by atoms with Crippen LogP contribution >= 0.6 is 11.8 Å². The minimum Gasteiger partial charge on any atom is -0.497 e. The maximum atomic E-state index is 14.4. The molecule has 2 bridgehead atoms. The Kier molecular flexibility index (Phi) is 8.28. The highest BCUT2D eigenvalue weighted by Crippen LogP contribution is 2.71. The van der Waals surface area contributed by atoms with Gasteiger partial charge in [0.2, 0.25) is 5.91 Å². The fourth-order valence-corrected chi connectivity index (χ4v) is 8.74. The molecule has 1 aromatic rings. The van der Waals surface area contributed by atoms with Crippen LogP contribution < -0.4 is 9.64 Å². The fourth-order valence-electron chi connectivity index (χ4n) is 6.41. The molecule has 6 atom stereocenters. The first kappa shape index (κ1) is 28.2. The molecule has 3 aliphatic heterocycles. The minimum absolute atomic E-state index is 0.245. The average Bonchev–Trinajstić information content (AvgIpc) is 3.49. The van der Waals surface area contributed by atoms with E-state index >= 15 is 0 Å². The Bertz CT molecular complexity index is 1090. The highest BCUT2D eigenvalue weighted by atomic mass is 32.2. The second-order valence-electron chi connectivity index (χ2n) is 10.5. The number of likely N-dealkylation sites (tertiary alicyclic amines) is 1. The number of methoxy groups -OCH3 is 1. The molecule has 1 aromatic carbocycles. The Hall–Kier alpha value is -2.78. The Balaban J connectivity index is 1.73. The van der Waals surface area contributed by atoms with Crippen LogP contribution in [0.25, 0.3) is 0 Å². The molecule has 2 amide bonds. The van der Waals surface area contributed by atoms with E-state index < -0.39 is 33.4 Å². The van der Waals surface area contributed by atoms with Gasteiger partial charge in [-0.15, -0.1) is 24.9 Å². The molecular weight excluding hydrogens is 504 g/mol. The molecule has 1 N–H and O–H groups in total. The van der Waals surface area contributed by atoms with Crippen LogP contribution in [0.2, 0.25) is 0 Å². The maximum Gasteiger partial charge on any atom is 0.311 e. The van der Waals surface area contributed by atoms with Gasteiger partial charge in [0.25, 0.3) is 5.91 Å². The summed E-state index contributed by atoms with van der Waals surface area (Å²) in [5, 5.41) is 10.1. The predicted octanol–water partition coefficient (Wildman–Crippen LogP) is 3.59. The fraction of sp³-hybridized carbons (Fsp3) is 0.552. The van der Waals surface area contributed by atoms with Gasteiger partial charge in [-0.1, -0.05) is 12.2 Å². The molecule has 4 rings (SSSR count). The molecule has 3 heterocycles. The van der Waals surface area contributed by atoms with E-state index in [0.29, 0.717) is 30.7 Å². The first-order valence-electron chi connectivity index (χ1n) is 13.2. The third kappa shape index (κ3) is 4.53. The van der Waals surface area contributed by atoms with E-state index in [0.717, 1.165) is 6.42 Å². The van der Waals surface area contributed by atoms with Gasteiger partial charge in [-0.3, -0.25) is 14.4 Å². The second kappa shape index (κ2) is 11.1. The average molecular weight is 543 g/mol. The molecule has 1 spiro atoms. The SMILES string of the molecule is C=CCCCOC(=O)[C@@H]1[C@H]2C(=O)N([C@H](C)CO)C(C(=O)N(CC=C)c3ccc(OC)cc3)C23CC[C@@]1(C)S3. The lowest BCUT2D eigenvalue weighted by Gasteiger charge is -2.38. The highest BCUT2D eigenvalue weighted by molar-refractivity contribution is 8.02. The van der Waals surface area contributed by atoms with Gasteiger partial charge in [0.05, 0.1) is 42.9 Å². The smallest absolute Gasteiger partial charge is 0.311 e. The quantitative estimate of drug-likeness (QED) is 0.245. The number of aliphatic hydroxyl groups is 1. The Morgan fingerprint density at radius 1 is 1.26 bits per heavy atom. The Morgan fingerprint density at radius 2 is 1.97 bits per heavy atom. The van der Waals surface area contributed by atoms with E-state index in [1.54, 1.807) is 67.1 Å². The Morgan fingerprint density at radius 3 is 2.58 bits per heavy atom. The molecule has 206 valence electrons. The summed E-state index contributed by atoms with van der Waals surface area (Å²) in [7, 11) is 1.58. The van der Waals surface area contributed by atoms with Gasteiger partial charge in [0.15, 0.2) is 0 Å². The number of amides is 2. The molecule has 3 saturated heterocycles. The van der Waals surface area contributed by atoms with Gasteiger partial charge in [-0.05, 0) is 63.8 Å². The molecule has 0 radical (unpaired) electrons. The predicted molar refractivity (Wildman–Crippen MR) is 148 cm³/mol. The number of hydrogen-bond acceptors (Lipinski definition) is 7. The van der Waals surface area contributed by atoms with E-state index in [2.05, 4.69) is 13.2 Å². The van der Waals surface area contributed by atoms with Gasteiger partial charge in [0.1, 0.15) is 11.8 Å². The van der Waals surface area contributed by atoms with Gasteiger partial charge >= 0.3 is 5.97 Å². The number of carbonyl (C=O) groups is 3. The van der Waals surface area contributed by atoms with Crippen molar-refractivity contribution in [3.63, 3.8) is 0 Å². The molecule has 3 aliphatic rings. The molecule has 9 heteroatoms. The number of nitrogens with zero attached hydrogens (tertiary/aromatic N) is 2. The first-order valence-corrected chi connectivity index (χ1v) is 14.0. The van der Waals surface area contributed by atoms with Gasteiger partial charge in [-0.25, -0.2) is 0 Å². The van der Waals surface area contributed by atoms with Crippen molar-refractivity contribution in [2.24, 2.45) is 11.8 Å². The third-order valence-electron chi connectivity index (χ3n) is 8.20. The number of allylic oxidation sites excluding steroid dienone is 1. The number of rotatable bonds is 12. The van der Waals surface area contributed by atoms with Crippen LogP contribution in [0, 0.1) is 11.8 Å². The summed E-state index contributed by atoms with van der Waals surface area (Å²) in [6.07, 6.45) is 6.16. The molecule has 0 saturated carbocycles. The zero-order valence-electron chi connectivity index (χ0n) is 22.4. The Labute approximate surface area is 229 Å². The lowest BCUT2D eigenvalue weighted by Crippen LogP contribution is -2.57. The summed E-state index contributed by atoms with van der Waals surface area (Å²) in [4.78, 5) is 45.1. The molecule has 2 unspecified atom stereocenters. The van der Waals surface area contributed by atoms with E-state index in [1.807, 2.05) is 6.92 Å². The van der Waals surface area contributed by atoms with Crippen molar-refractivity contribution in [3.8, 4) is 5.75 Å². The number of thioether (sulfide) groups is 1. The number of anilines is 1. The summed E-state index contributed by atoms with van der Waals surface area (Å²) in [6, 6.07) is 5.74. The zero-order valence-corrected chi connectivity index (χ0v) is 23.2. The number of unbranched alkanes of at least 4 members (excludes halogenated alkanes) is 1. The number of hydrogen-bond donors (Lipinski definition) is 1. The lowest BCUT2D eigenvalue weighted by atomic mass is 9.66. The van der Waals surface area contributed by atoms with Crippen LogP contribution in [0.1, 0.15) is 39.5 Å². The minimum atomic E-state index is -0.838. The van der Waals surface area contributed by atoms with Crippen molar-refractivity contribution >= 4 is 35.2 Å². The van der Waals surface area contributed by atoms with Crippen LogP contribution in [0.4, 0.5) is 5.69 Å². The van der Waals surface area contributed by atoms with Crippen molar-refractivity contribution in [1.29, 1.82) is 0 Å². The van der Waals surface area contributed by atoms with Gasteiger partial charge in [0, 0.05) is 17.0 Å². The van der Waals surface area contributed by atoms with Gasteiger partial charge < -0.3 is 24.4 Å². The van der Waals surface area contributed by atoms with Crippen LogP contribution in [-0.4, -0.2) is 76.2 Å². The van der Waals surface area contributed by atoms with E-state index in [-0.39, 0.29) is 37.5 Å². The number of fused-ring (bicyclic) bond motifs is 1. The molecule has 38 heavy (non-hydrogen) atoms. The molecule has 8 nitrogen and oxygen atoms in total. The third-order valence-corrected chi connectivity index (χ3v) is 10.2. The van der Waals surface area contributed by atoms with Crippen LogP contribution in [0.5, 0.6) is 5.75 Å². The number of esters is 1. The topological polar surface area (TPSA) is 96.4 Å². The van der Waals surface area contributed by atoms with E-state index in [1.165, 1.54) is 4.90 Å². The highest BCUT2D eigenvalue weighted by Gasteiger charge is 2.78. The van der Waals surface area contributed by atoms with E-state index in [9.17, 15) is 19.5 Å². The summed E-state index contributed by atoms with van der Waals surface area (Å²) in [5.41, 5.74) is 0.654. The van der Waals surface area contributed by atoms with Crippen LogP contribution in [0.3, 0.4) is 0 Å². The van der Waals surface area contributed by atoms with E-state index in [4.69, 9.17) is 9.47 Å². The maximum absolute atomic E-state index is 14.4. The zero-order chi connectivity index (χ0) is 27.7. The van der Waals surface area contributed by atoms with Crippen molar-refractivity contribution in [2.45, 2.75) is 61.1 Å². The van der Waals surface area contributed by atoms with Crippen molar-refractivity contribution < 1.29 is 29.0 Å². The standard InChI is InChI=1S/C29H38N2O6S/c1-6-8-9-17-37-27(35)23-22-25(33)31(19(3)18-32)24(29(22)15-14-28(23,4)38-29)26(34)30(16-7-2)20-10-12-21(36-5)13-11-20/h6-7,10-13,19,22-24,32H,1-2,8-9,14-18H2,3-5H3/t19-,22+,23+,24?,28-,29?/m1/s1. The molecule has 3 fully saturated rings. The summed E-state index contributed by atoms with van der Waals surface area (Å²) in [5.74, 6) is -1.57.